The molecule has 1 aromatic heterocycles. The average Bonchev–Trinajstić information content (AvgIpc) is 2.74. The lowest BCUT2D eigenvalue weighted by Gasteiger charge is -2.04. The number of nitrogens with zero attached hydrogens (tertiary/aromatic N) is 1. The van der Waals surface area contributed by atoms with E-state index in [1.54, 1.807) is 6.92 Å². The summed E-state index contributed by atoms with van der Waals surface area (Å²) in [4.78, 5) is 18.4. The minimum atomic E-state index is -0.105. The Labute approximate surface area is 98.7 Å². The number of anilines is 1. The highest BCUT2D eigenvalue weighted by Crippen LogP contribution is 2.27. The summed E-state index contributed by atoms with van der Waals surface area (Å²) in [7, 11) is 0. The smallest absolute Gasteiger partial charge is 0.251 e. The van der Waals surface area contributed by atoms with Crippen molar-refractivity contribution in [2.75, 3.05) is 11.9 Å². The number of H-pyrrole nitrogens is 1. The van der Waals surface area contributed by atoms with Gasteiger partial charge in [0.25, 0.3) is 5.56 Å². The fourth-order valence-electron chi connectivity index (χ4n) is 2.19. The Balaban J connectivity index is 2.12. The molecule has 17 heavy (non-hydrogen) atoms. The number of aromatic amines is 1. The molecule has 2 aromatic rings. The summed E-state index contributed by atoms with van der Waals surface area (Å²) < 4.78 is 0. The Morgan fingerprint density at radius 3 is 3.00 bits per heavy atom. The first kappa shape index (κ1) is 10.1. The van der Waals surface area contributed by atoms with Gasteiger partial charge in [0, 0.05) is 23.9 Å². The van der Waals surface area contributed by atoms with Crippen LogP contribution in [0.25, 0.3) is 11.3 Å². The highest BCUT2D eigenvalue weighted by atomic mass is 16.1. The van der Waals surface area contributed by atoms with Gasteiger partial charge in [0.2, 0.25) is 0 Å². The van der Waals surface area contributed by atoms with Gasteiger partial charge in [-0.2, -0.15) is 0 Å². The molecule has 0 aliphatic carbocycles. The maximum Gasteiger partial charge on any atom is 0.251 e. The van der Waals surface area contributed by atoms with Gasteiger partial charge >= 0.3 is 0 Å². The van der Waals surface area contributed by atoms with Gasteiger partial charge in [-0.3, -0.25) is 4.79 Å². The second-order valence-electron chi connectivity index (χ2n) is 4.26. The van der Waals surface area contributed by atoms with Crippen LogP contribution in [-0.4, -0.2) is 16.5 Å². The number of hydrogen-bond acceptors (Lipinski definition) is 3. The van der Waals surface area contributed by atoms with Gasteiger partial charge in [0.1, 0.15) is 5.82 Å². The van der Waals surface area contributed by atoms with Crippen molar-refractivity contribution in [1.82, 2.24) is 9.97 Å². The van der Waals surface area contributed by atoms with Crippen molar-refractivity contribution < 1.29 is 0 Å². The number of aromatic nitrogens is 2. The number of fused-ring (bicyclic) bond motifs is 1. The first-order chi connectivity index (χ1) is 8.22. The van der Waals surface area contributed by atoms with Gasteiger partial charge in [-0.15, -0.1) is 0 Å². The van der Waals surface area contributed by atoms with E-state index in [9.17, 15) is 4.79 Å². The monoisotopic (exact) mass is 227 g/mol. The maximum atomic E-state index is 11.4. The van der Waals surface area contributed by atoms with E-state index in [-0.39, 0.29) is 5.56 Å². The third-order valence-corrected chi connectivity index (χ3v) is 2.97. The Kier molecular flexibility index (Phi) is 2.21. The molecule has 2 N–H and O–H groups in total. The molecule has 0 bridgehead atoms. The number of nitrogens with one attached hydrogen (secondary N) is 2. The quantitative estimate of drug-likeness (QED) is 0.779. The molecule has 0 atom stereocenters. The van der Waals surface area contributed by atoms with Crippen LogP contribution in [0.3, 0.4) is 0 Å². The molecule has 0 fully saturated rings. The standard InChI is InChI=1S/C13H13N3O/c1-8-15-12(7-13(17)16-8)9-2-3-11-10(6-9)4-5-14-11/h2-3,6-7,14H,4-5H2,1H3,(H,15,16,17). The van der Waals surface area contributed by atoms with Crippen molar-refractivity contribution in [3.63, 3.8) is 0 Å². The first-order valence-electron chi connectivity index (χ1n) is 5.67. The predicted octanol–water partition coefficient (Wildman–Crippen LogP) is 1.71. The molecule has 0 saturated heterocycles. The highest BCUT2D eigenvalue weighted by molar-refractivity contribution is 5.67. The fraction of sp³-hybridized carbons (Fsp3) is 0.231. The molecule has 0 saturated carbocycles. The zero-order valence-corrected chi connectivity index (χ0v) is 9.58. The maximum absolute atomic E-state index is 11.4. The Morgan fingerprint density at radius 1 is 1.29 bits per heavy atom. The van der Waals surface area contributed by atoms with E-state index < -0.39 is 0 Å². The lowest BCUT2D eigenvalue weighted by Crippen LogP contribution is -2.08. The van der Waals surface area contributed by atoms with E-state index in [1.165, 1.54) is 17.3 Å². The molecule has 0 amide bonds. The van der Waals surface area contributed by atoms with Crippen LogP contribution in [0, 0.1) is 6.92 Å². The molecular formula is C13H13N3O. The zero-order valence-electron chi connectivity index (χ0n) is 9.58. The summed E-state index contributed by atoms with van der Waals surface area (Å²) in [6, 6.07) is 7.70. The molecule has 0 radical (unpaired) electrons. The van der Waals surface area contributed by atoms with Crippen LogP contribution in [0.1, 0.15) is 11.4 Å². The number of hydrogen-bond donors (Lipinski definition) is 2. The molecular weight excluding hydrogens is 214 g/mol. The fourth-order valence-corrected chi connectivity index (χ4v) is 2.19. The second-order valence-corrected chi connectivity index (χ2v) is 4.26. The van der Waals surface area contributed by atoms with Crippen LogP contribution in [0.15, 0.2) is 29.1 Å². The minimum absolute atomic E-state index is 0.105. The summed E-state index contributed by atoms with van der Waals surface area (Å²) in [5.41, 5.74) is 4.12. The third kappa shape index (κ3) is 1.82. The van der Waals surface area contributed by atoms with Crippen LogP contribution in [0.5, 0.6) is 0 Å². The van der Waals surface area contributed by atoms with Crippen LogP contribution < -0.4 is 10.9 Å². The Hall–Kier alpha value is -2.10. The van der Waals surface area contributed by atoms with Gasteiger partial charge in [-0.05, 0) is 31.0 Å². The van der Waals surface area contributed by atoms with Gasteiger partial charge in [-0.25, -0.2) is 4.98 Å². The van der Waals surface area contributed by atoms with Crippen LogP contribution in [0.4, 0.5) is 5.69 Å². The van der Waals surface area contributed by atoms with Crippen molar-refractivity contribution in [2.45, 2.75) is 13.3 Å². The number of rotatable bonds is 1. The molecule has 3 rings (SSSR count). The van der Waals surface area contributed by atoms with E-state index in [0.717, 1.165) is 24.2 Å². The highest BCUT2D eigenvalue weighted by Gasteiger charge is 2.11. The van der Waals surface area contributed by atoms with Gasteiger partial charge in [0.15, 0.2) is 0 Å². The summed E-state index contributed by atoms with van der Waals surface area (Å²) in [6.07, 6.45) is 1.03. The minimum Gasteiger partial charge on any atom is -0.384 e. The van der Waals surface area contributed by atoms with Crippen LogP contribution in [0.2, 0.25) is 0 Å². The molecule has 86 valence electrons. The molecule has 1 aromatic carbocycles. The SMILES string of the molecule is Cc1nc(-c2ccc3c(c2)CCN3)cc(=O)[nH]1. The third-order valence-electron chi connectivity index (χ3n) is 2.97. The number of aryl methyl sites for hydroxylation is 1. The van der Waals surface area contributed by atoms with Crippen molar-refractivity contribution in [3.05, 3.63) is 46.0 Å². The largest absolute Gasteiger partial charge is 0.384 e. The number of benzene rings is 1. The first-order valence-corrected chi connectivity index (χ1v) is 5.67. The van der Waals surface area contributed by atoms with E-state index in [2.05, 4.69) is 27.4 Å². The van der Waals surface area contributed by atoms with E-state index >= 15 is 0 Å². The molecule has 4 heteroatoms. The molecule has 0 spiro atoms. The lowest BCUT2D eigenvalue weighted by molar-refractivity contribution is 1.02. The van der Waals surface area contributed by atoms with E-state index in [4.69, 9.17) is 0 Å². The van der Waals surface area contributed by atoms with Crippen LogP contribution in [-0.2, 0) is 6.42 Å². The van der Waals surface area contributed by atoms with Crippen molar-refractivity contribution >= 4 is 5.69 Å². The Morgan fingerprint density at radius 2 is 2.18 bits per heavy atom. The topological polar surface area (TPSA) is 57.8 Å². The van der Waals surface area contributed by atoms with E-state index in [0.29, 0.717) is 5.82 Å². The molecule has 4 nitrogen and oxygen atoms in total. The van der Waals surface area contributed by atoms with Crippen molar-refractivity contribution in [3.8, 4) is 11.3 Å². The van der Waals surface area contributed by atoms with Crippen LogP contribution >= 0.6 is 0 Å². The average molecular weight is 227 g/mol. The summed E-state index contributed by atoms with van der Waals surface area (Å²) in [6.45, 7) is 2.78. The molecule has 2 heterocycles. The van der Waals surface area contributed by atoms with Gasteiger partial charge < -0.3 is 10.3 Å². The predicted molar refractivity (Wildman–Crippen MR) is 67.2 cm³/mol. The van der Waals surface area contributed by atoms with Gasteiger partial charge in [-0.1, -0.05) is 6.07 Å². The molecule has 0 unspecified atom stereocenters. The van der Waals surface area contributed by atoms with E-state index in [1.807, 2.05) is 6.07 Å². The zero-order chi connectivity index (χ0) is 11.8. The lowest BCUT2D eigenvalue weighted by atomic mass is 10.1. The summed E-state index contributed by atoms with van der Waals surface area (Å²) in [5, 5.41) is 3.31. The van der Waals surface area contributed by atoms with Crippen molar-refractivity contribution in [2.24, 2.45) is 0 Å². The Bertz CT molecular complexity index is 631. The normalized spacial score (nSPS) is 13.2. The summed E-state index contributed by atoms with van der Waals surface area (Å²) >= 11 is 0. The summed E-state index contributed by atoms with van der Waals surface area (Å²) in [5.74, 6) is 0.645. The second kappa shape index (κ2) is 3.73. The van der Waals surface area contributed by atoms with Gasteiger partial charge in [0.05, 0.1) is 5.69 Å². The van der Waals surface area contributed by atoms with Crippen molar-refractivity contribution in [1.29, 1.82) is 0 Å². The molecule has 1 aliphatic rings. The molecule has 1 aliphatic heterocycles.